The molecule has 0 aliphatic rings. The molecule has 4 nitrogen and oxygen atoms in total. The van der Waals surface area contributed by atoms with Gasteiger partial charge >= 0.3 is 0 Å². The highest BCUT2D eigenvalue weighted by Gasteiger charge is 2.24. The van der Waals surface area contributed by atoms with Gasteiger partial charge in [-0.3, -0.25) is 4.79 Å². The Hall–Kier alpha value is -1.97. The summed E-state index contributed by atoms with van der Waals surface area (Å²) >= 11 is 0. The molecule has 4 heteroatoms. The number of amides is 1. The van der Waals surface area contributed by atoms with Gasteiger partial charge in [-0.15, -0.1) is 0 Å². The fourth-order valence-corrected chi connectivity index (χ4v) is 1.77. The minimum absolute atomic E-state index is 0.0477. The van der Waals surface area contributed by atoms with Crippen LogP contribution in [-0.4, -0.2) is 12.5 Å². The second-order valence-electron chi connectivity index (χ2n) is 6.23. The first-order chi connectivity index (χ1) is 9.29. The van der Waals surface area contributed by atoms with E-state index in [-0.39, 0.29) is 11.3 Å². The van der Waals surface area contributed by atoms with Gasteiger partial charge < -0.3 is 15.5 Å². The molecule has 1 aromatic heterocycles. The van der Waals surface area contributed by atoms with Gasteiger partial charge in [0.05, 0.1) is 0 Å². The van der Waals surface area contributed by atoms with E-state index in [0.29, 0.717) is 29.5 Å². The highest BCUT2D eigenvalue weighted by Crippen LogP contribution is 2.25. The lowest BCUT2D eigenvalue weighted by Gasteiger charge is -2.29. The number of nitrogen functional groups attached to an aromatic ring is 1. The molecule has 0 bridgehead atoms. The molecular weight excluding hydrogens is 252 g/mol. The average Bonchev–Trinajstić information content (AvgIpc) is 2.78. The van der Waals surface area contributed by atoms with Crippen LogP contribution in [0.25, 0.3) is 11.0 Å². The molecule has 0 spiro atoms. The highest BCUT2D eigenvalue weighted by molar-refractivity contribution is 5.96. The zero-order chi connectivity index (χ0) is 14.9. The number of carbonyl (C=O) groups excluding carboxylic acids is 1. The number of furan rings is 1. The van der Waals surface area contributed by atoms with Crippen LogP contribution in [0.2, 0.25) is 0 Å². The van der Waals surface area contributed by atoms with E-state index in [9.17, 15) is 4.79 Å². The average molecular weight is 274 g/mol. The van der Waals surface area contributed by atoms with Crippen LogP contribution < -0.4 is 11.1 Å². The van der Waals surface area contributed by atoms with E-state index in [2.05, 4.69) is 33.0 Å². The third-order valence-corrected chi connectivity index (χ3v) is 4.03. The molecule has 3 N–H and O–H groups in total. The maximum Gasteiger partial charge on any atom is 0.287 e. The molecule has 0 fully saturated rings. The van der Waals surface area contributed by atoms with E-state index in [1.807, 2.05) is 0 Å². The van der Waals surface area contributed by atoms with E-state index < -0.39 is 0 Å². The summed E-state index contributed by atoms with van der Waals surface area (Å²) in [4.78, 5) is 12.1. The smallest absolute Gasteiger partial charge is 0.287 e. The largest absolute Gasteiger partial charge is 0.451 e. The van der Waals surface area contributed by atoms with Gasteiger partial charge in [0.25, 0.3) is 5.91 Å². The first-order valence-electron chi connectivity index (χ1n) is 6.87. The summed E-state index contributed by atoms with van der Waals surface area (Å²) in [6, 6.07) is 7.06. The van der Waals surface area contributed by atoms with Crippen molar-refractivity contribution >= 4 is 22.6 Å². The van der Waals surface area contributed by atoms with Crippen molar-refractivity contribution in [2.24, 2.45) is 11.3 Å². The molecule has 1 amide bonds. The number of nitrogens with two attached hydrogens (primary N) is 1. The van der Waals surface area contributed by atoms with Crippen molar-refractivity contribution in [3.8, 4) is 0 Å². The third kappa shape index (κ3) is 2.95. The number of hydrogen-bond acceptors (Lipinski definition) is 3. The third-order valence-electron chi connectivity index (χ3n) is 4.03. The van der Waals surface area contributed by atoms with Crippen LogP contribution in [0.5, 0.6) is 0 Å². The Morgan fingerprint density at radius 2 is 2.05 bits per heavy atom. The predicted octanol–water partition coefficient (Wildman–Crippen LogP) is 3.43. The summed E-state index contributed by atoms with van der Waals surface area (Å²) in [6.45, 7) is 9.18. The quantitative estimate of drug-likeness (QED) is 0.839. The zero-order valence-corrected chi connectivity index (χ0v) is 12.5. The predicted molar refractivity (Wildman–Crippen MR) is 81.6 cm³/mol. The Morgan fingerprint density at radius 1 is 1.35 bits per heavy atom. The van der Waals surface area contributed by atoms with Crippen molar-refractivity contribution in [2.75, 3.05) is 12.3 Å². The topological polar surface area (TPSA) is 68.3 Å². The Labute approximate surface area is 119 Å². The lowest BCUT2D eigenvalue weighted by molar-refractivity contribution is 0.0899. The minimum Gasteiger partial charge on any atom is -0.451 e. The minimum atomic E-state index is -0.187. The summed E-state index contributed by atoms with van der Waals surface area (Å²) in [5.74, 6) is 0.622. The standard InChI is InChI=1S/C16H22N2O2/c1-10(2)16(3,4)9-18-15(19)14-8-11-7-12(17)5-6-13(11)20-14/h5-8,10H,9,17H2,1-4H3,(H,18,19). The van der Waals surface area contributed by atoms with Crippen molar-refractivity contribution in [3.05, 3.63) is 30.0 Å². The molecule has 108 valence electrons. The summed E-state index contributed by atoms with van der Waals surface area (Å²) in [5, 5.41) is 3.78. The van der Waals surface area contributed by atoms with Gasteiger partial charge in [0.15, 0.2) is 5.76 Å². The number of carbonyl (C=O) groups is 1. The number of fused-ring (bicyclic) bond motifs is 1. The van der Waals surface area contributed by atoms with Crippen molar-refractivity contribution < 1.29 is 9.21 Å². The second kappa shape index (κ2) is 5.19. The van der Waals surface area contributed by atoms with Gasteiger partial charge in [-0.2, -0.15) is 0 Å². The molecule has 2 aromatic rings. The van der Waals surface area contributed by atoms with E-state index in [0.717, 1.165) is 5.39 Å². The zero-order valence-electron chi connectivity index (χ0n) is 12.5. The first kappa shape index (κ1) is 14.4. The number of rotatable bonds is 4. The molecule has 20 heavy (non-hydrogen) atoms. The Morgan fingerprint density at radius 3 is 2.70 bits per heavy atom. The van der Waals surface area contributed by atoms with Crippen molar-refractivity contribution in [3.63, 3.8) is 0 Å². The molecule has 1 heterocycles. The monoisotopic (exact) mass is 274 g/mol. The summed E-state index contributed by atoms with van der Waals surface area (Å²) in [6.07, 6.45) is 0. The van der Waals surface area contributed by atoms with Crippen molar-refractivity contribution in [2.45, 2.75) is 27.7 Å². The van der Waals surface area contributed by atoms with Gasteiger partial charge in [0.1, 0.15) is 5.58 Å². The molecule has 0 saturated carbocycles. The molecular formula is C16H22N2O2. The number of hydrogen-bond donors (Lipinski definition) is 2. The Kier molecular flexibility index (Phi) is 3.75. The van der Waals surface area contributed by atoms with E-state index >= 15 is 0 Å². The molecule has 0 unspecified atom stereocenters. The molecule has 1 aromatic carbocycles. The van der Waals surface area contributed by atoms with E-state index in [4.69, 9.17) is 10.2 Å². The van der Waals surface area contributed by atoms with Gasteiger partial charge in [-0.1, -0.05) is 27.7 Å². The molecule has 0 radical (unpaired) electrons. The van der Waals surface area contributed by atoms with Gasteiger partial charge in [0, 0.05) is 17.6 Å². The molecule has 2 rings (SSSR count). The van der Waals surface area contributed by atoms with Crippen LogP contribution >= 0.6 is 0 Å². The van der Waals surface area contributed by atoms with Crippen LogP contribution in [-0.2, 0) is 0 Å². The van der Waals surface area contributed by atoms with Gasteiger partial charge in [-0.25, -0.2) is 0 Å². The van der Waals surface area contributed by atoms with E-state index in [1.54, 1.807) is 24.3 Å². The number of benzene rings is 1. The summed E-state index contributed by atoms with van der Waals surface area (Å²) in [7, 11) is 0. The Bertz CT molecular complexity index is 626. The molecule has 0 aliphatic carbocycles. The van der Waals surface area contributed by atoms with Crippen LogP contribution in [0.3, 0.4) is 0 Å². The van der Waals surface area contributed by atoms with Crippen LogP contribution in [0.4, 0.5) is 5.69 Å². The van der Waals surface area contributed by atoms with Crippen LogP contribution in [0.15, 0.2) is 28.7 Å². The van der Waals surface area contributed by atoms with Crippen molar-refractivity contribution in [1.29, 1.82) is 0 Å². The molecule has 0 aliphatic heterocycles. The first-order valence-corrected chi connectivity index (χ1v) is 6.87. The normalized spacial score (nSPS) is 12.1. The molecule has 0 atom stereocenters. The SMILES string of the molecule is CC(C)C(C)(C)CNC(=O)c1cc2cc(N)ccc2o1. The van der Waals surface area contributed by atoms with Gasteiger partial charge in [0.2, 0.25) is 0 Å². The Balaban J connectivity index is 2.12. The lowest BCUT2D eigenvalue weighted by atomic mass is 9.81. The maximum absolute atomic E-state index is 12.1. The van der Waals surface area contributed by atoms with E-state index in [1.165, 1.54) is 0 Å². The van der Waals surface area contributed by atoms with Crippen LogP contribution in [0, 0.1) is 11.3 Å². The summed E-state index contributed by atoms with van der Waals surface area (Å²) in [5.41, 5.74) is 7.10. The highest BCUT2D eigenvalue weighted by atomic mass is 16.3. The fourth-order valence-electron chi connectivity index (χ4n) is 1.77. The maximum atomic E-state index is 12.1. The van der Waals surface area contributed by atoms with Gasteiger partial charge in [-0.05, 0) is 35.6 Å². The molecule has 0 saturated heterocycles. The van der Waals surface area contributed by atoms with Crippen LogP contribution in [0.1, 0.15) is 38.2 Å². The second-order valence-corrected chi connectivity index (χ2v) is 6.23. The number of nitrogens with one attached hydrogen (secondary N) is 1. The summed E-state index contributed by atoms with van der Waals surface area (Å²) < 4.78 is 5.54. The number of anilines is 1. The van der Waals surface area contributed by atoms with Crippen molar-refractivity contribution in [1.82, 2.24) is 5.32 Å². The fraction of sp³-hybridized carbons (Fsp3) is 0.438. The lowest BCUT2D eigenvalue weighted by Crippen LogP contribution is -2.36.